The van der Waals surface area contributed by atoms with E-state index in [-0.39, 0.29) is 51.4 Å². The van der Waals surface area contributed by atoms with Crippen molar-refractivity contribution in [3.63, 3.8) is 0 Å². The van der Waals surface area contributed by atoms with Crippen molar-refractivity contribution >= 4 is 11.4 Å². The van der Waals surface area contributed by atoms with Gasteiger partial charge >= 0.3 is 51.4 Å². The molecule has 0 radical (unpaired) electrons. The molecule has 4 N–H and O–H groups in total. The van der Waals surface area contributed by atoms with Gasteiger partial charge in [0, 0.05) is 23.1 Å². The Hall–Kier alpha value is -1.19. The van der Waals surface area contributed by atoms with E-state index in [0.29, 0.717) is 17.9 Å². The first kappa shape index (κ1) is 25.1. The molecule has 4 rings (SSSR count). The smallest absolute Gasteiger partial charge is 0.407 e. The van der Waals surface area contributed by atoms with Gasteiger partial charge in [-0.05, 0) is 44.1 Å². The van der Waals surface area contributed by atoms with Crippen LogP contribution in [0.25, 0.3) is 0 Å². The Morgan fingerprint density at radius 2 is 2.00 bits per heavy atom. The summed E-state index contributed by atoms with van der Waals surface area (Å²) in [7, 11) is 0. The monoisotopic (exact) mass is 425 g/mol. The Morgan fingerprint density at radius 1 is 1.23 bits per heavy atom. The topological polar surface area (TPSA) is 50.1 Å². The molecule has 0 aromatic heterocycles. The maximum atomic E-state index is 6.48. The summed E-state index contributed by atoms with van der Waals surface area (Å²) >= 11 is 0. The van der Waals surface area contributed by atoms with Crippen LogP contribution in [-0.2, 0) is 6.42 Å². The van der Waals surface area contributed by atoms with Crippen molar-refractivity contribution in [3.8, 4) is 12.8 Å². The number of rotatable bonds is 6. The third-order valence-corrected chi connectivity index (χ3v) is 6.02. The first-order valence-electron chi connectivity index (χ1n) is 10.5. The van der Waals surface area contributed by atoms with Crippen molar-refractivity contribution in [2.45, 2.75) is 45.6 Å². The Labute approximate surface area is 224 Å². The molecule has 0 bridgehead atoms. The molecule has 3 nitrogen and oxygen atoms in total. The number of nitrogen functional groups attached to an aromatic ring is 1. The molecule has 4 heteroatoms. The second-order valence-corrected chi connectivity index (χ2v) is 7.74. The van der Waals surface area contributed by atoms with Crippen LogP contribution in [0.15, 0.2) is 60.4 Å². The maximum Gasteiger partial charge on any atom is 1.00 e. The molecule has 0 aliphatic heterocycles. The zero-order valence-electron chi connectivity index (χ0n) is 18.5. The minimum absolute atomic E-state index is 0. The van der Waals surface area contributed by atoms with Gasteiger partial charge in [-0.25, -0.2) is 0 Å². The van der Waals surface area contributed by atoms with Crippen LogP contribution in [0.5, 0.6) is 0 Å². The van der Waals surface area contributed by atoms with E-state index in [1.807, 2.05) is 13.0 Å². The molecule has 3 atom stereocenters. The second kappa shape index (κ2) is 12.0. The number of hydrogen-bond acceptors (Lipinski definition) is 3. The Balaban J connectivity index is 0.00000104. The number of hydrogen-bond donors (Lipinski definition) is 3. The van der Waals surface area contributed by atoms with Gasteiger partial charge in [0.1, 0.15) is 0 Å². The molecule has 0 heterocycles. The number of nitrogens with one attached hydrogen (secondary N) is 2. The Kier molecular flexibility index (Phi) is 10.0. The molecule has 152 valence electrons. The van der Waals surface area contributed by atoms with E-state index in [0.717, 1.165) is 29.9 Å². The Bertz CT molecular complexity index is 863. The van der Waals surface area contributed by atoms with Gasteiger partial charge in [0.25, 0.3) is 0 Å². The number of fused-ring (bicyclic) bond motifs is 2. The molecule has 1 saturated carbocycles. The van der Waals surface area contributed by atoms with E-state index < -0.39 is 0 Å². The normalized spacial score (nSPS) is 23.7. The van der Waals surface area contributed by atoms with Crippen molar-refractivity contribution < 1.29 is 51.4 Å². The molecule has 1 fully saturated rings. The van der Waals surface area contributed by atoms with Crippen molar-refractivity contribution in [1.29, 1.82) is 0 Å². The summed E-state index contributed by atoms with van der Waals surface area (Å²) in [6, 6.07) is 6.23. The van der Waals surface area contributed by atoms with Crippen LogP contribution in [0.3, 0.4) is 0 Å². The first-order valence-corrected chi connectivity index (χ1v) is 10.5. The van der Waals surface area contributed by atoms with Crippen LogP contribution in [0.4, 0.5) is 11.4 Å². The van der Waals surface area contributed by atoms with E-state index in [4.69, 9.17) is 5.73 Å². The predicted octanol–water partition coefficient (Wildman–Crippen LogP) is 2.35. The molecule has 0 spiro atoms. The summed E-state index contributed by atoms with van der Waals surface area (Å²) < 4.78 is 0. The fraction of sp³-hybridized carbons (Fsp3) is 0.346. The van der Waals surface area contributed by atoms with Crippen LogP contribution in [0.1, 0.15) is 44.2 Å². The SMILES string of the molecule is C#C.C/C=C\C(=C/CC)Nc1ccc2c(c1N)C[C-]2NC1CCC2C=CC=CC21.[K+]. The van der Waals surface area contributed by atoms with Crippen LogP contribution in [0, 0.1) is 30.7 Å². The van der Waals surface area contributed by atoms with Gasteiger partial charge in [-0.15, -0.1) is 24.5 Å². The fourth-order valence-electron chi connectivity index (χ4n) is 4.60. The predicted molar refractivity (Wildman–Crippen MR) is 125 cm³/mol. The zero-order chi connectivity index (χ0) is 20.8. The van der Waals surface area contributed by atoms with Gasteiger partial charge in [-0.1, -0.05) is 55.9 Å². The summed E-state index contributed by atoms with van der Waals surface area (Å²) in [4.78, 5) is 0. The molecule has 30 heavy (non-hydrogen) atoms. The van der Waals surface area contributed by atoms with Gasteiger partial charge in [-0.3, -0.25) is 0 Å². The van der Waals surface area contributed by atoms with Crippen molar-refractivity contribution in [3.05, 3.63) is 77.5 Å². The van der Waals surface area contributed by atoms with Crippen molar-refractivity contribution in [2.24, 2.45) is 11.8 Å². The zero-order valence-corrected chi connectivity index (χ0v) is 21.6. The fourth-order valence-corrected chi connectivity index (χ4v) is 4.60. The van der Waals surface area contributed by atoms with Crippen LogP contribution >= 0.6 is 0 Å². The number of nitrogens with two attached hydrogens (primary N) is 1. The van der Waals surface area contributed by atoms with Crippen LogP contribution in [0.2, 0.25) is 0 Å². The minimum atomic E-state index is 0. The van der Waals surface area contributed by atoms with Crippen molar-refractivity contribution in [2.75, 3.05) is 11.1 Å². The quantitative estimate of drug-likeness (QED) is 0.216. The summed E-state index contributed by atoms with van der Waals surface area (Å²) in [6.45, 7) is 4.17. The summed E-state index contributed by atoms with van der Waals surface area (Å²) in [6.07, 6.45) is 27.9. The third-order valence-electron chi connectivity index (χ3n) is 6.02. The molecule has 3 aliphatic rings. The molecule has 1 aromatic carbocycles. The molecular weight excluding hydrogens is 393 g/mol. The summed E-state index contributed by atoms with van der Waals surface area (Å²) in [5, 5.41) is 7.31. The van der Waals surface area contributed by atoms with E-state index in [9.17, 15) is 0 Å². The number of terminal acetylenes is 1. The number of benzene rings is 1. The molecule has 0 amide bonds. The largest absolute Gasteiger partial charge is 1.00 e. The Morgan fingerprint density at radius 3 is 2.73 bits per heavy atom. The van der Waals surface area contributed by atoms with Gasteiger partial charge in [0.05, 0.1) is 0 Å². The standard InChI is InChI=1S/C24H30N3.C2H2.K/c1-3-7-17(8-4-2)26-22-14-12-19-20(24(22)25)15-23(19)27-21-13-11-16-9-5-6-10-18(16)21;1-2;/h3,5-10,12,14,16,18,21,26-27H,4,11,13,15,25H2,1-2H3;1-2H;/q-1;;+1/b7-3-,17-8+;;. The average molecular weight is 426 g/mol. The van der Waals surface area contributed by atoms with E-state index in [1.54, 1.807) is 0 Å². The van der Waals surface area contributed by atoms with Crippen molar-refractivity contribution in [1.82, 2.24) is 5.32 Å². The third kappa shape index (κ3) is 5.34. The molecule has 3 aliphatic carbocycles. The van der Waals surface area contributed by atoms with Crippen LogP contribution < -0.4 is 67.8 Å². The van der Waals surface area contributed by atoms with Gasteiger partial charge in [0.15, 0.2) is 0 Å². The molecule has 3 unspecified atom stereocenters. The van der Waals surface area contributed by atoms with Crippen LogP contribution in [-0.4, -0.2) is 6.04 Å². The molecule has 1 aromatic rings. The first-order chi connectivity index (χ1) is 14.2. The van der Waals surface area contributed by atoms with Gasteiger partial charge in [-0.2, -0.15) is 11.6 Å². The van der Waals surface area contributed by atoms with Gasteiger partial charge in [0.2, 0.25) is 0 Å². The molecule has 0 saturated heterocycles. The summed E-state index contributed by atoms with van der Waals surface area (Å²) in [5.41, 5.74) is 12.0. The van der Waals surface area contributed by atoms with E-state index in [1.165, 1.54) is 30.0 Å². The second-order valence-electron chi connectivity index (χ2n) is 7.74. The van der Waals surface area contributed by atoms with E-state index in [2.05, 4.69) is 79.0 Å². The molecular formula is C26H32KN3. The average Bonchev–Trinajstić information content (AvgIpc) is 3.14. The summed E-state index contributed by atoms with van der Waals surface area (Å²) in [5.74, 6) is 1.34. The minimum Gasteiger partial charge on any atom is -0.407 e. The maximum absolute atomic E-state index is 6.48. The van der Waals surface area contributed by atoms with Gasteiger partial charge < -0.3 is 16.4 Å². The number of allylic oxidation sites excluding steroid dienone is 6. The number of anilines is 2. The van der Waals surface area contributed by atoms with E-state index >= 15 is 0 Å².